The summed E-state index contributed by atoms with van der Waals surface area (Å²) in [6, 6.07) is 4.69. The lowest BCUT2D eigenvalue weighted by Crippen LogP contribution is -2.38. The van der Waals surface area contributed by atoms with Gasteiger partial charge in [-0.2, -0.15) is 0 Å². The summed E-state index contributed by atoms with van der Waals surface area (Å²) in [5, 5.41) is 15.2. The average Bonchev–Trinajstić information content (AvgIpc) is 2.92. The van der Waals surface area contributed by atoms with Gasteiger partial charge in [0.15, 0.2) is 0 Å². The van der Waals surface area contributed by atoms with Crippen molar-refractivity contribution < 1.29 is 19.1 Å². The third kappa shape index (κ3) is 3.71. The molecule has 1 amide bonds. The molecule has 0 fully saturated rings. The Morgan fingerprint density at radius 2 is 2.00 bits per heavy atom. The van der Waals surface area contributed by atoms with Crippen LogP contribution < -0.4 is 5.32 Å². The van der Waals surface area contributed by atoms with Gasteiger partial charge < -0.3 is 10.4 Å². The first-order valence-corrected chi connectivity index (χ1v) is 7.06. The van der Waals surface area contributed by atoms with Crippen LogP contribution in [0.25, 0.3) is 5.69 Å². The first-order valence-electron chi connectivity index (χ1n) is 7.06. The topological polar surface area (TPSA) is 97.1 Å². The maximum atomic E-state index is 13.4. The molecule has 122 valence electrons. The van der Waals surface area contributed by atoms with Crippen LogP contribution in [-0.2, 0) is 4.79 Å². The molecule has 0 aliphatic heterocycles. The highest BCUT2D eigenvalue weighted by Gasteiger charge is 2.22. The van der Waals surface area contributed by atoms with Gasteiger partial charge in [-0.1, -0.05) is 19.9 Å². The van der Waals surface area contributed by atoms with Crippen molar-refractivity contribution in [3.05, 3.63) is 41.7 Å². The molecule has 0 aliphatic carbocycles. The Balaban J connectivity index is 2.39. The average molecular weight is 320 g/mol. The van der Waals surface area contributed by atoms with Gasteiger partial charge in [0.1, 0.15) is 17.7 Å². The minimum Gasteiger partial charge on any atom is -0.480 e. The highest BCUT2D eigenvalue weighted by Crippen LogP contribution is 2.18. The normalized spacial score (nSPS) is 12.2. The second-order valence-corrected chi connectivity index (χ2v) is 5.37. The third-order valence-electron chi connectivity index (χ3n) is 3.12. The first-order chi connectivity index (χ1) is 10.8. The van der Waals surface area contributed by atoms with Crippen LogP contribution in [0.3, 0.4) is 0 Å². The van der Waals surface area contributed by atoms with Crippen LogP contribution in [0.4, 0.5) is 4.39 Å². The summed E-state index contributed by atoms with van der Waals surface area (Å²) in [5.41, 5.74) is 0.437. The molecule has 0 aliphatic rings. The number of nitrogens with one attached hydrogen (secondary N) is 1. The van der Waals surface area contributed by atoms with E-state index < -0.39 is 23.7 Å². The summed E-state index contributed by atoms with van der Waals surface area (Å²) in [6.07, 6.45) is 0. The molecule has 1 atom stereocenters. The van der Waals surface area contributed by atoms with Crippen molar-refractivity contribution in [1.82, 2.24) is 20.1 Å². The van der Waals surface area contributed by atoms with Gasteiger partial charge in [0, 0.05) is 5.92 Å². The zero-order valence-corrected chi connectivity index (χ0v) is 12.9. The Morgan fingerprint density at radius 1 is 1.30 bits per heavy atom. The monoisotopic (exact) mass is 320 g/mol. The van der Waals surface area contributed by atoms with Gasteiger partial charge in [0.2, 0.25) is 5.82 Å². The molecule has 2 rings (SSSR count). The maximum Gasteiger partial charge on any atom is 0.325 e. The molecule has 7 nitrogen and oxygen atoms in total. The van der Waals surface area contributed by atoms with Gasteiger partial charge in [-0.05, 0) is 25.1 Å². The van der Waals surface area contributed by atoms with Crippen molar-refractivity contribution in [3.63, 3.8) is 0 Å². The molecule has 23 heavy (non-hydrogen) atoms. The number of rotatable bonds is 5. The quantitative estimate of drug-likeness (QED) is 0.874. The van der Waals surface area contributed by atoms with Crippen molar-refractivity contribution in [2.24, 2.45) is 0 Å². The van der Waals surface area contributed by atoms with E-state index in [0.717, 1.165) is 0 Å². The Morgan fingerprint density at radius 3 is 2.57 bits per heavy atom. The molecule has 0 saturated carbocycles. The molecule has 0 unspecified atom stereocenters. The maximum absolute atomic E-state index is 13.4. The summed E-state index contributed by atoms with van der Waals surface area (Å²) in [4.78, 5) is 27.0. The fourth-order valence-electron chi connectivity index (χ4n) is 1.91. The zero-order valence-electron chi connectivity index (χ0n) is 12.9. The van der Waals surface area contributed by atoms with E-state index in [2.05, 4.69) is 15.4 Å². The fourth-order valence-corrected chi connectivity index (χ4v) is 1.91. The number of aliphatic carboxylic acids is 1. The van der Waals surface area contributed by atoms with Gasteiger partial charge in [0.25, 0.3) is 5.91 Å². The second kappa shape index (κ2) is 6.55. The van der Waals surface area contributed by atoms with E-state index >= 15 is 0 Å². The second-order valence-electron chi connectivity index (χ2n) is 5.37. The number of carboxylic acids is 1. The van der Waals surface area contributed by atoms with E-state index in [4.69, 9.17) is 5.11 Å². The van der Waals surface area contributed by atoms with Gasteiger partial charge in [0.05, 0.1) is 5.69 Å². The Kier molecular flexibility index (Phi) is 4.73. The lowest BCUT2D eigenvalue weighted by molar-refractivity contribution is -0.138. The van der Waals surface area contributed by atoms with Crippen LogP contribution in [0, 0.1) is 5.82 Å². The van der Waals surface area contributed by atoms with E-state index in [1.54, 1.807) is 6.07 Å². The molecule has 2 N–H and O–H groups in total. The summed E-state index contributed by atoms with van der Waals surface area (Å²) >= 11 is 0. The minimum absolute atomic E-state index is 0.0655. The molecule has 1 heterocycles. The predicted molar refractivity (Wildman–Crippen MR) is 80.0 cm³/mol. The standard InChI is InChI=1S/C15H17FN4O3/c1-8(2)13-18-12(14(21)17-9(3)15(22)23)19-20(13)11-6-4-5-10(16)7-11/h4-9H,1-3H3,(H,17,21)(H,22,23)/t9-/m0/s1. The number of nitrogens with zero attached hydrogens (tertiary/aromatic N) is 3. The fraction of sp³-hybridized carbons (Fsp3) is 0.333. The van der Waals surface area contributed by atoms with Gasteiger partial charge in [-0.25, -0.2) is 14.1 Å². The predicted octanol–water partition coefficient (Wildman–Crippen LogP) is 1.73. The Labute approximate surface area is 132 Å². The number of hydrogen-bond donors (Lipinski definition) is 2. The molecule has 2 aromatic rings. The summed E-state index contributed by atoms with van der Waals surface area (Å²) in [6.45, 7) is 5.07. The molecule has 0 bridgehead atoms. The molecular weight excluding hydrogens is 303 g/mol. The molecule has 1 aromatic carbocycles. The van der Waals surface area contributed by atoms with E-state index in [-0.39, 0.29) is 11.7 Å². The van der Waals surface area contributed by atoms with Crippen LogP contribution in [-0.4, -0.2) is 37.8 Å². The molecule has 1 aromatic heterocycles. The molecular formula is C15H17FN4O3. The number of benzene rings is 1. The number of carbonyl (C=O) groups is 2. The molecule has 0 saturated heterocycles. The molecule has 0 radical (unpaired) electrons. The smallest absolute Gasteiger partial charge is 0.325 e. The minimum atomic E-state index is -1.16. The Bertz CT molecular complexity index is 742. The van der Waals surface area contributed by atoms with Crippen LogP contribution in [0.1, 0.15) is 43.1 Å². The Hall–Kier alpha value is -2.77. The lowest BCUT2D eigenvalue weighted by atomic mass is 10.2. The van der Waals surface area contributed by atoms with Crippen LogP contribution in [0.2, 0.25) is 0 Å². The summed E-state index contributed by atoms with van der Waals surface area (Å²) in [7, 11) is 0. The summed E-state index contributed by atoms with van der Waals surface area (Å²) < 4.78 is 14.8. The highest BCUT2D eigenvalue weighted by molar-refractivity contribution is 5.93. The number of aromatic nitrogens is 3. The van der Waals surface area contributed by atoms with Crippen molar-refractivity contribution in [1.29, 1.82) is 0 Å². The van der Waals surface area contributed by atoms with Gasteiger partial charge >= 0.3 is 5.97 Å². The number of carboxylic acid groups (broad SMARTS) is 1. The zero-order chi connectivity index (χ0) is 17.1. The van der Waals surface area contributed by atoms with E-state index in [9.17, 15) is 14.0 Å². The van der Waals surface area contributed by atoms with Crippen molar-refractivity contribution in [3.8, 4) is 5.69 Å². The van der Waals surface area contributed by atoms with Crippen molar-refractivity contribution in [2.45, 2.75) is 32.7 Å². The van der Waals surface area contributed by atoms with Crippen LogP contribution >= 0.6 is 0 Å². The SMILES string of the molecule is CC(C)c1nc(C(=O)N[C@@H](C)C(=O)O)nn1-c1cccc(F)c1. The summed E-state index contributed by atoms with van der Waals surface area (Å²) in [5.74, 6) is -2.04. The highest BCUT2D eigenvalue weighted by atomic mass is 19.1. The number of halogens is 1. The molecule has 0 spiro atoms. The first kappa shape index (κ1) is 16.6. The molecule has 8 heteroatoms. The van der Waals surface area contributed by atoms with Gasteiger partial charge in [-0.3, -0.25) is 9.59 Å². The number of amides is 1. The van der Waals surface area contributed by atoms with Gasteiger partial charge in [-0.15, -0.1) is 5.10 Å². The van der Waals surface area contributed by atoms with E-state index in [1.807, 2.05) is 13.8 Å². The van der Waals surface area contributed by atoms with Crippen molar-refractivity contribution in [2.75, 3.05) is 0 Å². The number of hydrogen-bond acceptors (Lipinski definition) is 4. The van der Waals surface area contributed by atoms with E-state index in [0.29, 0.717) is 11.5 Å². The van der Waals surface area contributed by atoms with Crippen LogP contribution in [0.15, 0.2) is 24.3 Å². The largest absolute Gasteiger partial charge is 0.480 e. The van der Waals surface area contributed by atoms with Crippen molar-refractivity contribution >= 4 is 11.9 Å². The number of carbonyl (C=O) groups excluding carboxylic acids is 1. The third-order valence-corrected chi connectivity index (χ3v) is 3.12. The lowest BCUT2D eigenvalue weighted by Gasteiger charge is -2.07. The van der Waals surface area contributed by atoms with Crippen LogP contribution in [0.5, 0.6) is 0 Å². The van der Waals surface area contributed by atoms with E-state index in [1.165, 1.54) is 29.8 Å².